The number of ether oxygens (including phenoxy) is 1. The molecule has 0 saturated heterocycles. The smallest absolute Gasteiger partial charge is 0.266 e. The lowest BCUT2D eigenvalue weighted by Gasteiger charge is -2.41. The Kier molecular flexibility index (Phi) is 7.03. The molecule has 31 heavy (non-hydrogen) atoms. The Balaban J connectivity index is 0.000000194. The van der Waals surface area contributed by atoms with Crippen LogP contribution in [0.1, 0.15) is 41.6 Å². The summed E-state index contributed by atoms with van der Waals surface area (Å²) >= 11 is 0. The molecule has 168 valence electrons. The van der Waals surface area contributed by atoms with Crippen molar-refractivity contribution in [3.05, 3.63) is 59.7 Å². The Bertz CT molecular complexity index is 1040. The first-order valence-corrected chi connectivity index (χ1v) is 11.8. The van der Waals surface area contributed by atoms with E-state index in [0.29, 0.717) is 5.92 Å². The number of fused-ring (bicyclic) bond motifs is 1. The third kappa shape index (κ3) is 5.08. The third-order valence-corrected chi connectivity index (χ3v) is 7.23. The second-order valence-electron chi connectivity index (χ2n) is 8.29. The number of benzene rings is 2. The van der Waals surface area contributed by atoms with E-state index in [1.807, 2.05) is 29.0 Å². The van der Waals surface area contributed by atoms with Crippen molar-refractivity contribution in [2.75, 3.05) is 27.7 Å². The van der Waals surface area contributed by atoms with Gasteiger partial charge in [-0.2, -0.15) is 0 Å². The first-order chi connectivity index (χ1) is 14.7. The minimum absolute atomic E-state index is 0.0648. The maximum Gasteiger partial charge on any atom is 0.266 e. The van der Waals surface area contributed by atoms with Crippen LogP contribution in [0.15, 0.2) is 53.4 Å². The quantitative estimate of drug-likeness (QED) is 0.750. The number of rotatable bonds is 4. The minimum atomic E-state index is -3.55. The summed E-state index contributed by atoms with van der Waals surface area (Å²) in [6.45, 7) is 0.924. The zero-order valence-corrected chi connectivity index (χ0v) is 19.0. The molecule has 1 aliphatic heterocycles. The second-order valence-corrected chi connectivity index (χ2v) is 9.94. The lowest BCUT2D eigenvalue weighted by Crippen LogP contribution is -2.43. The van der Waals surface area contributed by atoms with Crippen molar-refractivity contribution in [2.45, 2.75) is 36.2 Å². The maximum atomic E-state index is 11.2. The molecule has 1 fully saturated rings. The molecule has 2 N–H and O–H groups in total. The number of methoxy groups -OCH3 is 1. The van der Waals surface area contributed by atoms with Crippen LogP contribution in [0.2, 0.25) is 0 Å². The van der Waals surface area contributed by atoms with E-state index in [2.05, 4.69) is 19.0 Å². The molecule has 1 saturated carbocycles. The summed E-state index contributed by atoms with van der Waals surface area (Å²) in [5, 5.41) is 11.2. The second kappa shape index (κ2) is 9.38. The Hall–Kier alpha value is -2.42. The molecule has 1 heterocycles. The summed E-state index contributed by atoms with van der Waals surface area (Å²) in [7, 11) is 2.25. The molecule has 4 rings (SSSR count). The van der Waals surface area contributed by atoms with E-state index in [0.717, 1.165) is 37.1 Å². The first-order valence-electron chi connectivity index (χ1n) is 10.3. The Morgan fingerprint density at radius 3 is 2.58 bits per heavy atom. The van der Waals surface area contributed by atoms with E-state index < -0.39 is 21.5 Å². The zero-order valence-electron chi connectivity index (χ0n) is 18.2. The number of hydrogen-bond acceptors (Lipinski definition) is 6. The Labute approximate surface area is 184 Å². The fraction of sp³-hybridized carbons (Fsp3) is 0.435. The van der Waals surface area contributed by atoms with Crippen LogP contribution in [0.3, 0.4) is 0 Å². The highest BCUT2D eigenvalue weighted by molar-refractivity contribution is 7.90. The third-order valence-electron chi connectivity index (χ3n) is 5.84. The number of nitrogens with one attached hydrogen (secondary N) is 1. The molecule has 0 spiro atoms. The van der Waals surface area contributed by atoms with Crippen LogP contribution < -0.4 is 9.46 Å². The number of carbonyl (C=O) groups is 1. The molecule has 2 atom stereocenters. The number of hydrogen-bond donors (Lipinski definition) is 2. The molecule has 2 aromatic rings. The van der Waals surface area contributed by atoms with Crippen LogP contribution in [-0.4, -0.2) is 52.1 Å². The lowest BCUT2D eigenvalue weighted by atomic mass is 9.71. The van der Waals surface area contributed by atoms with E-state index in [1.165, 1.54) is 18.6 Å². The van der Waals surface area contributed by atoms with Gasteiger partial charge in [0.05, 0.1) is 18.3 Å². The SMILES string of the molecule is COc1cccc(C2(O)CCCCC2CN(C)C)c1.O=C1NS(=O)(=O)c2ccccc21. The van der Waals surface area contributed by atoms with Gasteiger partial charge in [0.15, 0.2) is 0 Å². The summed E-state index contributed by atoms with van der Waals surface area (Å²) in [4.78, 5) is 13.2. The van der Waals surface area contributed by atoms with Gasteiger partial charge in [-0.1, -0.05) is 37.1 Å². The molecule has 8 heteroatoms. The molecule has 1 aliphatic carbocycles. The molecule has 2 unspecified atom stereocenters. The van der Waals surface area contributed by atoms with E-state index in [9.17, 15) is 18.3 Å². The Morgan fingerprint density at radius 2 is 1.90 bits per heavy atom. The average molecular weight is 447 g/mol. The molecule has 0 bridgehead atoms. The van der Waals surface area contributed by atoms with Crippen molar-refractivity contribution >= 4 is 15.9 Å². The van der Waals surface area contributed by atoms with Gasteiger partial charge < -0.3 is 14.7 Å². The topological polar surface area (TPSA) is 95.9 Å². The van der Waals surface area contributed by atoms with Crippen molar-refractivity contribution in [1.29, 1.82) is 0 Å². The van der Waals surface area contributed by atoms with Crippen molar-refractivity contribution < 1.29 is 23.1 Å². The van der Waals surface area contributed by atoms with Crippen molar-refractivity contribution in [2.24, 2.45) is 5.92 Å². The number of sulfonamides is 1. The maximum absolute atomic E-state index is 11.2. The van der Waals surface area contributed by atoms with Crippen LogP contribution in [0.25, 0.3) is 0 Å². The molecule has 2 aromatic carbocycles. The highest BCUT2D eigenvalue weighted by Crippen LogP contribution is 2.42. The predicted octanol–water partition coefficient (Wildman–Crippen LogP) is 2.75. The van der Waals surface area contributed by atoms with Gasteiger partial charge in [0.1, 0.15) is 10.6 Å². The monoisotopic (exact) mass is 446 g/mol. The molecular weight excluding hydrogens is 416 g/mol. The van der Waals surface area contributed by atoms with E-state index >= 15 is 0 Å². The lowest BCUT2D eigenvalue weighted by molar-refractivity contribution is -0.0619. The summed E-state index contributed by atoms with van der Waals surface area (Å²) < 4.78 is 29.4. The van der Waals surface area contributed by atoms with Gasteiger partial charge in [-0.3, -0.25) is 4.79 Å². The van der Waals surface area contributed by atoms with Gasteiger partial charge >= 0.3 is 0 Å². The molecule has 7 nitrogen and oxygen atoms in total. The van der Waals surface area contributed by atoms with Gasteiger partial charge in [-0.25, -0.2) is 13.1 Å². The Morgan fingerprint density at radius 1 is 1.16 bits per heavy atom. The zero-order chi connectivity index (χ0) is 22.6. The fourth-order valence-corrected chi connectivity index (χ4v) is 5.48. The molecule has 1 amide bonds. The number of nitrogens with zero attached hydrogens (tertiary/aromatic N) is 1. The van der Waals surface area contributed by atoms with Crippen molar-refractivity contribution in [1.82, 2.24) is 9.62 Å². The van der Waals surface area contributed by atoms with Crippen LogP contribution in [0, 0.1) is 5.92 Å². The van der Waals surface area contributed by atoms with Gasteiger partial charge in [-0.15, -0.1) is 0 Å². The summed E-state index contributed by atoms with van der Waals surface area (Å²) in [5.41, 5.74) is 0.507. The van der Waals surface area contributed by atoms with Gasteiger partial charge in [-0.05, 0) is 56.8 Å². The molecular formula is C23H30N2O5S. The van der Waals surface area contributed by atoms with Gasteiger partial charge in [0, 0.05) is 12.5 Å². The van der Waals surface area contributed by atoms with E-state index in [-0.39, 0.29) is 10.5 Å². The minimum Gasteiger partial charge on any atom is -0.497 e. The van der Waals surface area contributed by atoms with Crippen LogP contribution >= 0.6 is 0 Å². The van der Waals surface area contributed by atoms with Gasteiger partial charge in [0.2, 0.25) is 0 Å². The number of amides is 1. The highest BCUT2D eigenvalue weighted by Gasteiger charge is 2.40. The summed E-state index contributed by atoms with van der Waals surface area (Å²) in [6, 6.07) is 14.0. The largest absolute Gasteiger partial charge is 0.497 e. The normalized spacial score (nSPS) is 24.0. The number of aliphatic hydroxyl groups is 1. The van der Waals surface area contributed by atoms with Crippen LogP contribution in [0.4, 0.5) is 0 Å². The van der Waals surface area contributed by atoms with E-state index in [1.54, 1.807) is 19.2 Å². The summed E-state index contributed by atoms with van der Waals surface area (Å²) in [6.07, 6.45) is 4.24. The average Bonchev–Trinajstić information content (AvgIpc) is 2.99. The highest BCUT2D eigenvalue weighted by atomic mass is 32.2. The van der Waals surface area contributed by atoms with Crippen molar-refractivity contribution in [3.8, 4) is 5.75 Å². The van der Waals surface area contributed by atoms with Gasteiger partial charge in [0.25, 0.3) is 15.9 Å². The standard InChI is InChI=1S/C16H25NO2.C7H5NO3S/c1-17(2)12-14-7-4-5-10-16(14,18)13-8-6-9-15(11-13)19-3;9-7-5-3-1-2-4-6(5)12(10,11)8-7/h6,8-9,11,14,18H,4-5,7,10,12H2,1-3H3;1-4H,(H,8,9). The number of carbonyl (C=O) groups excluding carboxylic acids is 1. The fourth-order valence-electron chi connectivity index (χ4n) is 4.30. The van der Waals surface area contributed by atoms with E-state index in [4.69, 9.17) is 4.74 Å². The first kappa shape index (κ1) is 23.2. The molecule has 2 aliphatic rings. The predicted molar refractivity (Wildman–Crippen MR) is 118 cm³/mol. The molecule has 0 radical (unpaired) electrons. The van der Waals surface area contributed by atoms with Crippen LogP contribution in [-0.2, 0) is 15.6 Å². The van der Waals surface area contributed by atoms with Crippen molar-refractivity contribution in [3.63, 3.8) is 0 Å². The summed E-state index contributed by atoms with van der Waals surface area (Å²) in [5.74, 6) is 0.564. The van der Waals surface area contributed by atoms with Crippen LogP contribution in [0.5, 0.6) is 5.75 Å². The molecule has 0 aromatic heterocycles.